The third-order valence-corrected chi connectivity index (χ3v) is 2.65. The molecule has 0 saturated heterocycles. The van der Waals surface area contributed by atoms with Gasteiger partial charge in [0, 0.05) is 13.6 Å². The molecule has 0 radical (unpaired) electrons. The van der Waals surface area contributed by atoms with E-state index in [2.05, 4.69) is 19.9 Å². The molecule has 0 amide bonds. The molecule has 2 aromatic rings. The van der Waals surface area contributed by atoms with Crippen molar-refractivity contribution in [1.82, 2.24) is 15.0 Å². The lowest BCUT2D eigenvalue weighted by atomic mass is 10.1. The Balaban J connectivity index is 2.64. The Bertz CT molecular complexity index is 576. The Morgan fingerprint density at radius 2 is 2.33 bits per heavy atom. The van der Waals surface area contributed by atoms with Crippen molar-refractivity contribution in [1.29, 1.82) is 0 Å². The molecule has 0 aromatic carbocycles. The predicted molar refractivity (Wildman–Crippen MR) is 70.0 cm³/mol. The standard InChI is InChI=1S/C11H16N6O/c1-3-4-17(18)7-5-14-11-9(15-6-16-11)8(7)10(12)13-2/h5-6,18H,3-4H2,1-2H3,(H2,12,13)(H,14,15,16). The molecule has 0 unspecified atom stereocenters. The van der Waals surface area contributed by atoms with Crippen LogP contribution in [-0.4, -0.2) is 39.6 Å². The minimum absolute atomic E-state index is 0.330. The summed E-state index contributed by atoms with van der Waals surface area (Å²) in [6, 6.07) is 0. The number of rotatable bonds is 4. The Labute approximate surface area is 104 Å². The Morgan fingerprint density at radius 1 is 1.56 bits per heavy atom. The van der Waals surface area contributed by atoms with Crippen molar-refractivity contribution >= 4 is 22.7 Å². The van der Waals surface area contributed by atoms with E-state index in [0.717, 1.165) is 11.5 Å². The van der Waals surface area contributed by atoms with Crippen molar-refractivity contribution in [3.05, 3.63) is 18.1 Å². The van der Waals surface area contributed by atoms with E-state index in [0.29, 0.717) is 34.8 Å². The molecule has 0 saturated carbocycles. The second-order valence-electron chi connectivity index (χ2n) is 3.85. The van der Waals surface area contributed by atoms with E-state index in [9.17, 15) is 5.21 Å². The van der Waals surface area contributed by atoms with E-state index in [4.69, 9.17) is 5.73 Å². The third kappa shape index (κ3) is 2.00. The molecule has 7 nitrogen and oxygen atoms in total. The molecule has 2 rings (SSSR count). The number of hydroxylamine groups is 1. The molecule has 7 heteroatoms. The second-order valence-corrected chi connectivity index (χ2v) is 3.85. The van der Waals surface area contributed by atoms with Crippen molar-refractivity contribution < 1.29 is 5.21 Å². The number of aromatic nitrogens is 3. The molecular weight excluding hydrogens is 232 g/mol. The molecular formula is C11H16N6O. The van der Waals surface area contributed by atoms with E-state index >= 15 is 0 Å². The summed E-state index contributed by atoms with van der Waals surface area (Å²) in [6.45, 7) is 2.47. The summed E-state index contributed by atoms with van der Waals surface area (Å²) in [5, 5.41) is 11.1. The number of anilines is 1. The van der Waals surface area contributed by atoms with Crippen LogP contribution in [0.25, 0.3) is 11.2 Å². The van der Waals surface area contributed by atoms with Gasteiger partial charge in [-0.2, -0.15) is 0 Å². The summed E-state index contributed by atoms with van der Waals surface area (Å²) < 4.78 is 0. The van der Waals surface area contributed by atoms with Gasteiger partial charge in [0.05, 0.1) is 29.3 Å². The third-order valence-electron chi connectivity index (χ3n) is 2.65. The minimum atomic E-state index is 0.330. The quantitative estimate of drug-likeness (QED) is 0.423. The van der Waals surface area contributed by atoms with Crippen molar-refractivity contribution in [2.24, 2.45) is 10.7 Å². The first kappa shape index (κ1) is 12.3. The number of fused-ring (bicyclic) bond motifs is 1. The zero-order valence-electron chi connectivity index (χ0n) is 10.4. The van der Waals surface area contributed by atoms with Crippen LogP contribution in [0.4, 0.5) is 5.69 Å². The molecule has 18 heavy (non-hydrogen) atoms. The molecule has 0 aliphatic heterocycles. The average Bonchev–Trinajstić information content (AvgIpc) is 2.85. The SMILES string of the molecule is CCCN(O)c1cnc2nc[nH]c2c1C(N)=NC. The van der Waals surface area contributed by atoms with Crippen molar-refractivity contribution in [2.45, 2.75) is 13.3 Å². The fourth-order valence-electron chi connectivity index (χ4n) is 1.78. The molecule has 0 atom stereocenters. The molecule has 2 aromatic heterocycles. The van der Waals surface area contributed by atoms with Crippen LogP contribution in [0, 0.1) is 0 Å². The number of H-pyrrole nitrogens is 1. The highest BCUT2D eigenvalue weighted by Crippen LogP contribution is 2.24. The Hall–Kier alpha value is -2.15. The highest BCUT2D eigenvalue weighted by Gasteiger charge is 2.17. The van der Waals surface area contributed by atoms with E-state index < -0.39 is 0 Å². The smallest absolute Gasteiger partial charge is 0.178 e. The molecule has 2 heterocycles. The normalized spacial score (nSPS) is 12.1. The Morgan fingerprint density at radius 3 is 3.00 bits per heavy atom. The van der Waals surface area contributed by atoms with Gasteiger partial charge in [0.25, 0.3) is 0 Å². The van der Waals surface area contributed by atoms with Gasteiger partial charge in [-0.15, -0.1) is 0 Å². The second kappa shape index (κ2) is 5.01. The number of hydrogen-bond donors (Lipinski definition) is 3. The highest BCUT2D eigenvalue weighted by molar-refractivity contribution is 6.10. The average molecular weight is 248 g/mol. The largest absolute Gasteiger partial charge is 0.383 e. The van der Waals surface area contributed by atoms with Gasteiger partial charge in [-0.3, -0.25) is 15.3 Å². The summed E-state index contributed by atoms with van der Waals surface area (Å²) in [5.41, 5.74) is 8.26. The maximum absolute atomic E-state index is 9.99. The summed E-state index contributed by atoms with van der Waals surface area (Å²) in [6.07, 6.45) is 3.89. The number of pyridine rings is 1. The first-order chi connectivity index (χ1) is 8.69. The first-order valence-electron chi connectivity index (χ1n) is 5.70. The Kier molecular flexibility index (Phi) is 3.42. The molecule has 0 spiro atoms. The maximum Gasteiger partial charge on any atom is 0.178 e. The van der Waals surface area contributed by atoms with E-state index in [1.807, 2.05) is 6.92 Å². The fourth-order valence-corrected chi connectivity index (χ4v) is 1.78. The number of amidine groups is 1. The molecule has 0 bridgehead atoms. The van der Waals surface area contributed by atoms with Crippen LogP contribution in [0.15, 0.2) is 17.5 Å². The van der Waals surface area contributed by atoms with Crippen LogP contribution < -0.4 is 10.8 Å². The van der Waals surface area contributed by atoms with E-state index in [-0.39, 0.29) is 0 Å². The van der Waals surface area contributed by atoms with Gasteiger partial charge in [0.2, 0.25) is 0 Å². The van der Waals surface area contributed by atoms with Crippen molar-refractivity contribution in [2.75, 3.05) is 18.7 Å². The minimum Gasteiger partial charge on any atom is -0.383 e. The zero-order chi connectivity index (χ0) is 13.1. The number of hydrogen-bond acceptors (Lipinski definition) is 5. The van der Waals surface area contributed by atoms with Gasteiger partial charge in [-0.25, -0.2) is 9.97 Å². The topological polar surface area (TPSA) is 103 Å². The first-order valence-corrected chi connectivity index (χ1v) is 5.70. The summed E-state index contributed by atoms with van der Waals surface area (Å²) in [5.74, 6) is 0.330. The van der Waals surface area contributed by atoms with E-state index in [1.165, 1.54) is 6.33 Å². The van der Waals surface area contributed by atoms with Gasteiger partial charge in [-0.05, 0) is 6.42 Å². The number of aromatic amines is 1. The van der Waals surface area contributed by atoms with Crippen LogP contribution in [0.2, 0.25) is 0 Å². The van der Waals surface area contributed by atoms with Gasteiger partial charge >= 0.3 is 0 Å². The summed E-state index contributed by atoms with van der Waals surface area (Å²) in [4.78, 5) is 15.2. The van der Waals surface area contributed by atoms with Crippen molar-refractivity contribution in [3.8, 4) is 0 Å². The fraction of sp³-hybridized carbons (Fsp3) is 0.364. The number of nitrogens with one attached hydrogen (secondary N) is 1. The summed E-state index contributed by atoms with van der Waals surface area (Å²) in [7, 11) is 1.60. The van der Waals surface area contributed by atoms with Crippen LogP contribution in [0.1, 0.15) is 18.9 Å². The lowest BCUT2D eigenvalue weighted by Crippen LogP contribution is -2.24. The number of nitrogens with two attached hydrogens (primary N) is 1. The lowest BCUT2D eigenvalue weighted by molar-refractivity contribution is 0.254. The number of nitrogens with zero attached hydrogens (tertiary/aromatic N) is 4. The van der Waals surface area contributed by atoms with Gasteiger partial charge in [0.1, 0.15) is 5.84 Å². The van der Waals surface area contributed by atoms with Gasteiger partial charge < -0.3 is 10.7 Å². The van der Waals surface area contributed by atoms with Gasteiger partial charge in [0.15, 0.2) is 5.65 Å². The van der Waals surface area contributed by atoms with Crippen LogP contribution in [-0.2, 0) is 0 Å². The van der Waals surface area contributed by atoms with Crippen molar-refractivity contribution in [3.63, 3.8) is 0 Å². The predicted octanol–water partition coefficient (Wildman–Crippen LogP) is 0.899. The molecule has 0 aliphatic carbocycles. The molecule has 96 valence electrons. The zero-order valence-corrected chi connectivity index (χ0v) is 10.4. The van der Waals surface area contributed by atoms with Crippen LogP contribution in [0.3, 0.4) is 0 Å². The number of aliphatic imine (C=N–C) groups is 1. The van der Waals surface area contributed by atoms with E-state index in [1.54, 1.807) is 13.2 Å². The summed E-state index contributed by atoms with van der Waals surface area (Å²) >= 11 is 0. The monoisotopic (exact) mass is 248 g/mol. The molecule has 0 aliphatic rings. The molecule has 0 fully saturated rings. The highest BCUT2D eigenvalue weighted by atomic mass is 16.5. The number of imidazole rings is 1. The lowest BCUT2D eigenvalue weighted by Gasteiger charge is -2.19. The van der Waals surface area contributed by atoms with Gasteiger partial charge in [-0.1, -0.05) is 6.92 Å². The molecule has 4 N–H and O–H groups in total. The van der Waals surface area contributed by atoms with Crippen LogP contribution in [0.5, 0.6) is 0 Å². The van der Waals surface area contributed by atoms with Crippen LogP contribution >= 0.6 is 0 Å². The maximum atomic E-state index is 9.99.